The molecule has 2 unspecified atom stereocenters. The van der Waals surface area contributed by atoms with E-state index in [-0.39, 0.29) is 0 Å². The Morgan fingerprint density at radius 1 is 1.21 bits per heavy atom. The first-order valence-corrected chi connectivity index (χ1v) is 6.53. The van der Waals surface area contributed by atoms with Gasteiger partial charge in [-0.2, -0.15) is 0 Å². The van der Waals surface area contributed by atoms with Crippen LogP contribution >= 0.6 is 0 Å². The van der Waals surface area contributed by atoms with E-state index in [0.717, 1.165) is 11.8 Å². The summed E-state index contributed by atoms with van der Waals surface area (Å²) in [6.07, 6.45) is 10.1. The highest BCUT2D eigenvalue weighted by Gasteiger charge is 2.17. The van der Waals surface area contributed by atoms with E-state index in [4.69, 9.17) is 0 Å². The molecule has 2 atom stereocenters. The van der Waals surface area contributed by atoms with E-state index in [9.17, 15) is 0 Å². The van der Waals surface area contributed by atoms with Gasteiger partial charge in [-0.1, -0.05) is 33.1 Å². The van der Waals surface area contributed by atoms with Gasteiger partial charge in [-0.25, -0.2) is 0 Å². The third-order valence-corrected chi connectivity index (χ3v) is 3.44. The smallest absolute Gasteiger partial charge is 0.00488 e. The van der Waals surface area contributed by atoms with Gasteiger partial charge in [-0.05, 0) is 50.6 Å². The first-order valence-electron chi connectivity index (χ1n) is 6.53. The van der Waals surface area contributed by atoms with Gasteiger partial charge in [0.05, 0.1) is 0 Å². The molecule has 1 fully saturated rings. The summed E-state index contributed by atoms with van der Waals surface area (Å²) in [5, 5.41) is 3.49. The predicted molar refractivity (Wildman–Crippen MR) is 63.5 cm³/mol. The lowest BCUT2D eigenvalue weighted by Gasteiger charge is -2.26. The van der Waals surface area contributed by atoms with Crippen molar-refractivity contribution in [2.75, 3.05) is 13.1 Å². The molecule has 1 N–H and O–H groups in total. The fourth-order valence-corrected chi connectivity index (χ4v) is 2.64. The second-order valence-corrected chi connectivity index (χ2v) is 5.03. The summed E-state index contributed by atoms with van der Waals surface area (Å²) in [4.78, 5) is 0. The summed E-state index contributed by atoms with van der Waals surface area (Å²) in [5.74, 6) is 2.04. The molecular weight excluding hydrogens is 170 g/mol. The zero-order valence-corrected chi connectivity index (χ0v) is 10.0. The van der Waals surface area contributed by atoms with Gasteiger partial charge in [-0.15, -0.1) is 0 Å². The van der Waals surface area contributed by atoms with Crippen molar-refractivity contribution < 1.29 is 0 Å². The first kappa shape index (κ1) is 12.0. The van der Waals surface area contributed by atoms with Gasteiger partial charge < -0.3 is 5.32 Å². The van der Waals surface area contributed by atoms with Crippen LogP contribution in [-0.2, 0) is 0 Å². The molecule has 1 aliphatic carbocycles. The number of rotatable bonds is 6. The van der Waals surface area contributed by atoms with Crippen molar-refractivity contribution in [2.45, 2.75) is 58.8 Å². The fourth-order valence-electron chi connectivity index (χ4n) is 2.64. The third kappa shape index (κ3) is 4.99. The summed E-state index contributed by atoms with van der Waals surface area (Å²) >= 11 is 0. The monoisotopic (exact) mass is 197 g/mol. The zero-order valence-electron chi connectivity index (χ0n) is 10.0. The van der Waals surface area contributed by atoms with E-state index >= 15 is 0 Å². The van der Waals surface area contributed by atoms with Crippen molar-refractivity contribution >= 4 is 0 Å². The standard InChI is InChI=1S/C13H27N/c1-3-9-14-10-5-8-13-7-4-6-12(2)11-13/h12-14H,3-11H2,1-2H3. The lowest BCUT2D eigenvalue weighted by atomic mass is 9.80. The van der Waals surface area contributed by atoms with Crippen LogP contribution in [-0.4, -0.2) is 13.1 Å². The van der Waals surface area contributed by atoms with Crippen molar-refractivity contribution in [1.82, 2.24) is 5.32 Å². The summed E-state index contributed by atoms with van der Waals surface area (Å²) < 4.78 is 0. The van der Waals surface area contributed by atoms with E-state index in [2.05, 4.69) is 19.2 Å². The van der Waals surface area contributed by atoms with Gasteiger partial charge in [0, 0.05) is 0 Å². The van der Waals surface area contributed by atoms with Crippen LogP contribution in [0.5, 0.6) is 0 Å². The number of nitrogens with one attached hydrogen (secondary N) is 1. The van der Waals surface area contributed by atoms with Crippen molar-refractivity contribution in [3.63, 3.8) is 0 Å². The molecule has 0 aromatic rings. The Kier molecular flexibility index (Phi) is 6.25. The quantitative estimate of drug-likeness (QED) is 0.642. The maximum Gasteiger partial charge on any atom is -0.00488 e. The van der Waals surface area contributed by atoms with Crippen molar-refractivity contribution in [3.05, 3.63) is 0 Å². The minimum atomic E-state index is 0.998. The number of hydrogen-bond acceptors (Lipinski definition) is 1. The highest BCUT2D eigenvalue weighted by atomic mass is 14.8. The highest BCUT2D eigenvalue weighted by Crippen LogP contribution is 2.31. The molecule has 0 saturated heterocycles. The van der Waals surface area contributed by atoms with Gasteiger partial charge in [0.25, 0.3) is 0 Å². The molecule has 1 aliphatic rings. The second-order valence-electron chi connectivity index (χ2n) is 5.03. The average Bonchev–Trinajstić information content (AvgIpc) is 2.18. The molecule has 0 aromatic heterocycles. The first-order chi connectivity index (χ1) is 6.83. The third-order valence-electron chi connectivity index (χ3n) is 3.44. The van der Waals surface area contributed by atoms with Crippen LogP contribution in [0.25, 0.3) is 0 Å². The summed E-state index contributed by atoms with van der Waals surface area (Å²) in [6.45, 7) is 7.08. The van der Waals surface area contributed by atoms with E-state index in [0.29, 0.717) is 0 Å². The molecule has 14 heavy (non-hydrogen) atoms. The molecule has 1 heteroatoms. The molecule has 0 amide bonds. The van der Waals surface area contributed by atoms with Crippen LogP contribution in [0.4, 0.5) is 0 Å². The molecular formula is C13H27N. The Morgan fingerprint density at radius 2 is 2.07 bits per heavy atom. The van der Waals surface area contributed by atoms with Crippen molar-refractivity contribution in [2.24, 2.45) is 11.8 Å². The van der Waals surface area contributed by atoms with Crippen molar-refractivity contribution in [3.8, 4) is 0 Å². The van der Waals surface area contributed by atoms with Gasteiger partial charge in [0.1, 0.15) is 0 Å². The molecule has 84 valence electrons. The topological polar surface area (TPSA) is 12.0 Å². The highest BCUT2D eigenvalue weighted by molar-refractivity contribution is 4.70. The molecule has 1 saturated carbocycles. The van der Waals surface area contributed by atoms with Gasteiger partial charge >= 0.3 is 0 Å². The van der Waals surface area contributed by atoms with E-state index < -0.39 is 0 Å². The van der Waals surface area contributed by atoms with Crippen LogP contribution in [0.3, 0.4) is 0 Å². The minimum Gasteiger partial charge on any atom is -0.317 e. The molecule has 1 nitrogen and oxygen atoms in total. The van der Waals surface area contributed by atoms with Crippen LogP contribution in [0.1, 0.15) is 58.8 Å². The van der Waals surface area contributed by atoms with Crippen LogP contribution in [0.15, 0.2) is 0 Å². The van der Waals surface area contributed by atoms with Crippen LogP contribution in [0.2, 0.25) is 0 Å². The lowest BCUT2D eigenvalue weighted by Crippen LogP contribution is -2.18. The largest absolute Gasteiger partial charge is 0.317 e. The fraction of sp³-hybridized carbons (Fsp3) is 1.00. The lowest BCUT2D eigenvalue weighted by molar-refractivity contribution is 0.265. The summed E-state index contributed by atoms with van der Waals surface area (Å²) in [7, 11) is 0. The summed E-state index contributed by atoms with van der Waals surface area (Å²) in [5.41, 5.74) is 0. The maximum atomic E-state index is 3.49. The van der Waals surface area contributed by atoms with Gasteiger partial charge in [-0.3, -0.25) is 0 Å². The maximum absolute atomic E-state index is 3.49. The Bertz CT molecular complexity index is 133. The van der Waals surface area contributed by atoms with Gasteiger partial charge in [0.2, 0.25) is 0 Å². The van der Waals surface area contributed by atoms with E-state index in [1.165, 1.54) is 58.0 Å². The van der Waals surface area contributed by atoms with Crippen LogP contribution < -0.4 is 5.32 Å². The van der Waals surface area contributed by atoms with E-state index in [1.807, 2.05) is 0 Å². The molecule has 0 aromatic carbocycles. The second kappa shape index (κ2) is 7.28. The molecule has 0 aliphatic heterocycles. The Morgan fingerprint density at radius 3 is 2.79 bits per heavy atom. The predicted octanol–water partition coefficient (Wildman–Crippen LogP) is 3.59. The molecule has 0 heterocycles. The summed E-state index contributed by atoms with van der Waals surface area (Å²) in [6, 6.07) is 0. The minimum absolute atomic E-state index is 0.998. The van der Waals surface area contributed by atoms with Crippen molar-refractivity contribution in [1.29, 1.82) is 0 Å². The molecule has 0 radical (unpaired) electrons. The normalized spacial score (nSPS) is 27.9. The Balaban J connectivity index is 1.95. The van der Waals surface area contributed by atoms with E-state index in [1.54, 1.807) is 0 Å². The SMILES string of the molecule is CCCNCCCC1CCCC(C)C1. The van der Waals surface area contributed by atoms with Crippen LogP contribution in [0, 0.1) is 11.8 Å². The molecule has 0 spiro atoms. The average molecular weight is 197 g/mol. The Labute approximate surface area is 89.7 Å². The Hall–Kier alpha value is -0.0400. The zero-order chi connectivity index (χ0) is 10.2. The van der Waals surface area contributed by atoms with Gasteiger partial charge in [0.15, 0.2) is 0 Å². The molecule has 1 rings (SSSR count). The number of hydrogen-bond donors (Lipinski definition) is 1. The molecule has 0 bridgehead atoms.